The highest BCUT2D eigenvalue weighted by molar-refractivity contribution is 8.01. The number of fused-ring (bicyclic) bond motifs is 4. The normalized spacial score (nSPS) is 23.5. The first-order chi connectivity index (χ1) is 17.7. The number of likely N-dealkylation sites (tertiary alicyclic amines) is 1. The third-order valence-corrected chi connectivity index (χ3v) is 9.78. The molecule has 3 heterocycles. The summed E-state index contributed by atoms with van der Waals surface area (Å²) in [5, 5.41) is 20.2. The van der Waals surface area contributed by atoms with Crippen LogP contribution in [0.2, 0.25) is 0 Å². The summed E-state index contributed by atoms with van der Waals surface area (Å²) in [4.78, 5) is 19.6. The minimum atomic E-state index is -0.357. The van der Waals surface area contributed by atoms with Crippen LogP contribution >= 0.6 is 23.1 Å². The molecule has 1 saturated heterocycles. The number of hydrogen-bond donors (Lipinski definition) is 1. The smallest absolute Gasteiger partial charge is 0.274 e. The number of carbonyl (C=O) groups is 1. The second-order valence-electron chi connectivity index (χ2n) is 11.5. The predicted octanol–water partition coefficient (Wildman–Crippen LogP) is 7.22. The lowest BCUT2D eigenvalue weighted by Crippen LogP contribution is -2.35. The van der Waals surface area contributed by atoms with E-state index in [1.165, 1.54) is 24.6 Å². The van der Waals surface area contributed by atoms with Crippen molar-refractivity contribution in [3.8, 4) is 5.88 Å². The van der Waals surface area contributed by atoms with E-state index in [0.717, 1.165) is 38.4 Å². The Bertz CT molecular complexity index is 1490. The fraction of sp³-hybridized carbons (Fsp3) is 0.429. The van der Waals surface area contributed by atoms with E-state index in [1.807, 2.05) is 53.1 Å². The highest BCUT2D eigenvalue weighted by Gasteiger charge is 2.49. The lowest BCUT2D eigenvalue weighted by atomic mass is 9.65. The number of thiazole rings is 1. The maximum atomic E-state index is 12.6. The molecule has 1 aliphatic heterocycles. The molecule has 2 aliphatic rings. The number of benzene rings is 2. The predicted molar refractivity (Wildman–Crippen MR) is 150 cm³/mol. The maximum absolute atomic E-state index is 12.6. The Morgan fingerprint density at radius 2 is 1.95 bits per heavy atom. The average molecular weight is 534 g/mol. The van der Waals surface area contributed by atoms with E-state index >= 15 is 0 Å². The van der Waals surface area contributed by atoms with Gasteiger partial charge < -0.3 is 5.11 Å². The van der Waals surface area contributed by atoms with Crippen molar-refractivity contribution in [3.05, 3.63) is 48.5 Å². The summed E-state index contributed by atoms with van der Waals surface area (Å²) >= 11 is 2.92. The molecule has 2 bridgehead atoms. The number of aromatic hydroxyl groups is 1. The lowest BCUT2D eigenvalue weighted by molar-refractivity contribution is -0.115. The Morgan fingerprint density at radius 3 is 2.78 bits per heavy atom. The first-order valence-electron chi connectivity index (χ1n) is 12.7. The summed E-state index contributed by atoms with van der Waals surface area (Å²) in [6.07, 6.45) is 3.59. The standard InChI is InChI=1S/C28H31N5O2S2/c1-27(2)12-18-13-28(3,15-27)16-32(18)17-33-21-10-6-4-8-19(21)24(25(33)35)31-30-23(34)14-36-26-29-20-9-5-7-11-22(20)37-26/h4-11,18,35H,12-17H2,1-3H3. The zero-order chi connectivity index (χ0) is 25.8. The van der Waals surface area contributed by atoms with Crippen molar-refractivity contribution < 1.29 is 9.90 Å². The minimum absolute atomic E-state index is 0.0578. The molecule has 1 aliphatic carbocycles. The van der Waals surface area contributed by atoms with Gasteiger partial charge in [0, 0.05) is 18.0 Å². The molecule has 1 N–H and O–H groups in total. The molecule has 2 fully saturated rings. The first kappa shape index (κ1) is 24.6. The van der Waals surface area contributed by atoms with Gasteiger partial charge in [0.05, 0.1) is 28.2 Å². The molecule has 2 aromatic heterocycles. The minimum Gasteiger partial charge on any atom is -0.493 e. The van der Waals surface area contributed by atoms with Crippen LogP contribution in [0.5, 0.6) is 5.88 Å². The Morgan fingerprint density at radius 1 is 1.16 bits per heavy atom. The quantitative estimate of drug-likeness (QED) is 0.209. The number of hydrogen-bond acceptors (Lipinski definition) is 7. The van der Waals surface area contributed by atoms with Gasteiger partial charge in [0.1, 0.15) is 0 Å². The second kappa shape index (κ2) is 9.22. The van der Waals surface area contributed by atoms with E-state index in [9.17, 15) is 9.90 Å². The van der Waals surface area contributed by atoms with Gasteiger partial charge in [-0.05, 0) is 48.3 Å². The molecule has 1 amide bonds. The second-order valence-corrected chi connectivity index (χ2v) is 13.8. The van der Waals surface area contributed by atoms with Gasteiger partial charge in [-0.25, -0.2) is 4.98 Å². The third kappa shape index (κ3) is 4.80. The van der Waals surface area contributed by atoms with E-state index in [0.29, 0.717) is 29.2 Å². The van der Waals surface area contributed by atoms with E-state index in [1.54, 1.807) is 11.3 Å². The summed E-state index contributed by atoms with van der Waals surface area (Å²) in [6.45, 7) is 8.75. The van der Waals surface area contributed by atoms with Crippen LogP contribution in [-0.4, -0.2) is 43.8 Å². The van der Waals surface area contributed by atoms with E-state index < -0.39 is 0 Å². The molecule has 37 heavy (non-hydrogen) atoms. The summed E-state index contributed by atoms with van der Waals surface area (Å²) in [5.41, 5.74) is 2.82. The van der Waals surface area contributed by atoms with Crippen LogP contribution in [0, 0.1) is 10.8 Å². The van der Waals surface area contributed by atoms with Gasteiger partial charge in [-0.15, -0.1) is 21.6 Å². The highest BCUT2D eigenvalue weighted by atomic mass is 32.2. The van der Waals surface area contributed by atoms with Crippen molar-refractivity contribution in [3.63, 3.8) is 0 Å². The molecule has 0 spiro atoms. The van der Waals surface area contributed by atoms with Gasteiger partial charge in [-0.2, -0.15) is 0 Å². The topological polar surface area (TPSA) is 83.1 Å². The Balaban J connectivity index is 1.21. The molecule has 4 aromatic rings. The zero-order valence-electron chi connectivity index (χ0n) is 21.3. The van der Waals surface area contributed by atoms with Crippen molar-refractivity contribution in [2.75, 3.05) is 12.3 Å². The van der Waals surface area contributed by atoms with Crippen LogP contribution in [-0.2, 0) is 11.5 Å². The molecule has 2 aromatic carbocycles. The van der Waals surface area contributed by atoms with E-state index in [-0.39, 0.29) is 17.5 Å². The van der Waals surface area contributed by atoms with E-state index in [4.69, 9.17) is 0 Å². The number of amides is 1. The van der Waals surface area contributed by atoms with Crippen LogP contribution in [0.4, 0.5) is 5.69 Å². The molecule has 1 saturated carbocycles. The van der Waals surface area contributed by atoms with Crippen molar-refractivity contribution in [1.82, 2.24) is 14.5 Å². The number of para-hydroxylation sites is 2. The number of thioether (sulfide) groups is 1. The number of rotatable bonds is 6. The molecule has 7 nitrogen and oxygen atoms in total. The molecule has 2 unspecified atom stereocenters. The van der Waals surface area contributed by atoms with Gasteiger partial charge in [0.25, 0.3) is 5.91 Å². The zero-order valence-corrected chi connectivity index (χ0v) is 23.0. The van der Waals surface area contributed by atoms with Crippen molar-refractivity contribution in [2.24, 2.45) is 21.1 Å². The van der Waals surface area contributed by atoms with Crippen LogP contribution in [0.15, 0.2) is 63.1 Å². The van der Waals surface area contributed by atoms with Gasteiger partial charge >= 0.3 is 0 Å². The number of carbonyl (C=O) groups excluding carboxylic acids is 1. The SMILES string of the molecule is CC1(C)CC2CC(C)(CN2Cn2c(O)c(N=NC(=O)CSc3nc4ccccc4s3)c3ccccc32)C1. The fourth-order valence-electron chi connectivity index (χ4n) is 6.61. The van der Waals surface area contributed by atoms with Crippen LogP contribution in [0.3, 0.4) is 0 Å². The van der Waals surface area contributed by atoms with Crippen LogP contribution < -0.4 is 0 Å². The summed E-state index contributed by atoms with van der Waals surface area (Å²) in [7, 11) is 0. The number of aromatic nitrogens is 2. The van der Waals surface area contributed by atoms with Gasteiger partial charge in [0.2, 0.25) is 5.88 Å². The summed E-state index contributed by atoms with van der Waals surface area (Å²) in [5.74, 6) is -0.154. The maximum Gasteiger partial charge on any atom is 0.274 e. The van der Waals surface area contributed by atoms with E-state index in [2.05, 4.69) is 40.9 Å². The summed E-state index contributed by atoms with van der Waals surface area (Å²) < 4.78 is 3.84. The van der Waals surface area contributed by atoms with Gasteiger partial charge in [-0.1, -0.05) is 62.9 Å². The van der Waals surface area contributed by atoms with Gasteiger partial charge in [0.15, 0.2) is 10.0 Å². The number of nitrogens with zero attached hydrogens (tertiary/aromatic N) is 5. The molecule has 0 radical (unpaired) electrons. The summed E-state index contributed by atoms with van der Waals surface area (Å²) in [6, 6.07) is 16.2. The molecule has 6 rings (SSSR count). The van der Waals surface area contributed by atoms with Crippen LogP contribution in [0.1, 0.15) is 40.0 Å². The largest absolute Gasteiger partial charge is 0.493 e. The molecule has 192 valence electrons. The molecular formula is C28H31N5O2S2. The highest BCUT2D eigenvalue weighted by Crippen LogP contribution is 2.53. The average Bonchev–Trinajstić information content (AvgIpc) is 3.46. The number of azo groups is 1. The Kier molecular flexibility index (Phi) is 6.12. The monoisotopic (exact) mass is 533 g/mol. The van der Waals surface area contributed by atoms with Crippen molar-refractivity contribution in [2.45, 2.75) is 57.1 Å². The Labute approximate surface area is 224 Å². The van der Waals surface area contributed by atoms with Crippen LogP contribution in [0.25, 0.3) is 21.1 Å². The Hall–Kier alpha value is -2.75. The molecule has 2 atom stereocenters. The van der Waals surface area contributed by atoms with Gasteiger partial charge in [-0.3, -0.25) is 14.3 Å². The lowest BCUT2D eigenvalue weighted by Gasteiger charge is -2.40. The van der Waals surface area contributed by atoms with Crippen molar-refractivity contribution >= 4 is 55.8 Å². The molecular weight excluding hydrogens is 502 g/mol. The van der Waals surface area contributed by atoms with Crippen molar-refractivity contribution in [1.29, 1.82) is 0 Å². The fourth-order valence-corrected chi connectivity index (χ4v) is 8.45. The first-order valence-corrected chi connectivity index (χ1v) is 14.5. The molecule has 9 heteroatoms. The third-order valence-electron chi connectivity index (χ3n) is 7.62.